The topological polar surface area (TPSA) is 47.0 Å². The van der Waals surface area contributed by atoms with Crippen LogP contribution in [0.1, 0.15) is 12.1 Å². The van der Waals surface area contributed by atoms with E-state index in [9.17, 15) is 0 Å². The van der Waals surface area contributed by atoms with Gasteiger partial charge < -0.3 is 10.1 Å². The number of hydrogen-bond donors (Lipinski definition) is 1. The molecule has 0 bridgehead atoms. The van der Waals surface area contributed by atoms with E-state index in [0.717, 1.165) is 30.2 Å². The van der Waals surface area contributed by atoms with Crippen LogP contribution in [0.25, 0.3) is 0 Å². The van der Waals surface area contributed by atoms with E-state index in [2.05, 4.69) is 15.3 Å². The van der Waals surface area contributed by atoms with Crippen LogP contribution < -0.4 is 5.32 Å². The summed E-state index contributed by atoms with van der Waals surface area (Å²) in [5.74, 6) is 0. The Kier molecular flexibility index (Phi) is 6.05. The monoisotopic (exact) mass is 261 g/mol. The standard InChI is InChI=1S/C10H15N3OS.ClH/c1-15-10-9(12-4-5-13-10)7-14-8-2-3-11-6-8;/h4-5,8,11H,2-3,6-7H2,1H3;1H/t8-;/m0./s1. The highest BCUT2D eigenvalue weighted by Crippen LogP contribution is 2.16. The van der Waals surface area contributed by atoms with Crippen LogP contribution in [-0.4, -0.2) is 35.4 Å². The molecule has 0 aromatic carbocycles. The summed E-state index contributed by atoms with van der Waals surface area (Å²) in [4.78, 5) is 8.53. The maximum atomic E-state index is 5.75. The molecule has 1 aromatic heterocycles. The first-order valence-corrected chi connectivity index (χ1v) is 6.29. The van der Waals surface area contributed by atoms with E-state index < -0.39 is 0 Å². The number of rotatable bonds is 4. The molecular weight excluding hydrogens is 246 g/mol. The molecule has 0 amide bonds. The maximum Gasteiger partial charge on any atom is 0.120 e. The number of hydrogen-bond acceptors (Lipinski definition) is 5. The molecule has 2 heterocycles. The fourth-order valence-corrected chi connectivity index (χ4v) is 2.10. The van der Waals surface area contributed by atoms with Crippen molar-refractivity contribution in [3.63, 3.8) is 0 Å². The fraction of sp³-hybridized carbons (Fsp3) is 0.600. The zero-order valence-corrected chi connectivity index (χ0v) is 10.8. The van der Waals surface area contributed by atoms with E-state index in [1.54, 1.807) is 24.2 Å². The molecule has 2 rings (SSSR count). The minimum absolute atomic E-state index is 0. The third-order valence-electron chi connectivity index (χ3n) is 2.40. The first-order chi connectivity index (χ1) is 7.40. The van der Waals surface area contributed by atoms with Gasteiger partial charge in [-0.15, -0.1) is 24.2 Å². The molecule has 1 aliphatic heterocycles. The summed E-state index contributed by atoms with van der Waals surface area (Å²) in [7, 11) is 0. The van der Waals surface area contributed by atoms with E-state index in [4.69, 9.17) is 4.74 Å². The second-order valence-corrected chi connectivity index (χ2v) is 4.23. The van der Waals surface area contributed by atoms with Gasteiger partial charge in [0.05, 0.1) is 18.4 Å². The van der Waals surface area contributed by atoms with Crippen molar-refractivity contribution in [3.05, 3.63) is 18.1 Å². The predicted octanol–water partition coefficient (Wildman–Crippen LogP) is 1.50. The van der Waals surface area contributed by atoms with Crippen molar-refractivity contribution in [2.45, 2.75) is 24.2 Å². The fourth-order valence-electron chi connectivity index (χ4n) is 1.59. The molecule has 1 atom stereocenters. The molecule has 6 heteroatoms. The van der Waals surface area contributed by atoms with Gasteiger partial charge in [0.15, 0.2) is 0 Å². The molecule has 1 aromatic rings. The van der Waals surface area contributed by atoms with E-state index in [-0.39, 0.29) is 12.4 Å². The molecule has 0 spiro atoms. The van der Waals surface area contributed by atoms with Crippen LogP contribution >= 0.6 is 24.2 Å². The van der Waals surface area contributed by atoms with Crippen molar-refractivity contribution < 1.29 is 4.74 Å². The number of ether oxygens (including phenoxy) is 1. The number of thioether (sulfide) groups is 1. The third-order valence-corrected chi connectivity index (χ3v) is 3.13. The highest BCUT2D eigenvalue weighted by Gasteiger charge is 2.15. The van der Waals surface area contributed by atoms with Crippen LogP contribution in [0.3, 0.4) is 0 Å². The summed E-state index contributed by atoms with van der Waals surface area (Å²) in [6, 6.07) is 0. The molecule has 1 saturated heterocycles. The first-order valence-electron chi connectivity index (χ1n) is 5.06. The van der Waals surface area contributed by atoms with Crippen molar-refractivity contribution >= 4 is 24.2 Å². The number of nitrogens with one attached hydrogen (secondary N) is 1. The highest BCUT2D eigenvalue weighted by atomic mass is 35.5. The Labute approximate surface area is 106 Å². The van der Waals surface area contributed by atoms with Crippen LogP contribution in [0.15, 0.2) is 17.4 Å². The first kappa shape index (κ1) is 13.7. The lowest BCUT2D eigenvalue weighted by Crippen LogP contribution is -2.17. The van der Waals surface area contributed by atoms with Gasteiger partial charge in [0.1, 0.15) is 5.03 Å². The van der Waals surface area contributed by atoms with Crippen molar-refractivity contribution in [3.8, 4) is 0 Å². The SMILES string of the molecule is CSc1nccnc1CO[C@H]1CCNC1.Cl. The lowest BCUT2D eigenvalue weighted by molar-refractivity contribution is 0.0506. The van der Waals surface area contributed by atoms with E-state index >= 15 is 0 Å². The molecule has 0 unspecified atom stereocenters. The van der Waals surface area contributed by atoms with Gasteiger partial charge in [-0.1, -0.05) is 0 Å². The summed E-state index contributed by atoms with van der Waals surface area (Å²) < 4.78 is 5.75. The highest BCUT2D eigenvalue weighted by molar-refractivity contribution is 7.98. The van der Waals surface area contributed by atoms with Crippen LogP contribution in [0.5, 0.6) is 0 Å². The molecule has 0 aliphatic carbocycles. The van der Waals surface area contributed by atoms with Crippen molar-refractivity contribution in [1.29, 1.82) is 0 Å². The summed E-state index contributed by atoms with van der Waals surface area (Å²) in [5, 5.41) is 4.23. The summed E-state index contributed by atoms with van der Waals surface area (Å²) in [6.45, 7) is 2.58. The zero-order valence-electron chi connectivity index (χ0n) is 9.18. The largest absolute Gasteiger partial charge is 0.370 e. The average molecular weight is 262 g/mol. The van der Waals surface area contributed by atoms with Gasteiger partial charge >= 0.3 is 0 Å². The number of halogens is 1. The Morgan fingerprint density at radius 2 is 2.31 bits per heavy atom. The van der Waals surface area contributed by atoms with Crippen LogP contribution in [-0.2, 0) is 11.3 Å². The lowest BCUT2D eigenvalue weighted by Gasteiger charge is -2.10. The van der Waals surface area contributed by atoms with Gasteiger partial charge in [0.2, 0.25) is 0 Å². The second-order valence-electron chi connectivity index (χ2n) is 3.44. The average Bonchev–Trinajstić information content (AvgIpc) is 2.79. The van der Waals surface area contributed by atoms with Gasteiger partial charge in [0, 0.05) is 18.9 Å². The Hall–Kier alpha value is -0.360. The molecular formula is C10H16ClN3OS. The van der Waals surface area contributed by atoms with Crippen molar-refractivity contribution in [2.24, 2.45) is 0 Å². The van der Waals surface area contributed by atoms with Crippen molar-refractivity contribution in [1.82, 2.24) is 15.3 Å². The lowest BCUT2D eigenvalue weighted by atomic mass is 10.3. The van der Waals surface area contributed by atoms with Gasteiger partial charge in [-0.3, -0.25) is 4.98 Å². The summed E-state index contributed by atoms with van der Waals surface area (Å²) in [6.07, 6.45) is 6.86. The van der Waals surface area contributed by atoms with Gasteiger partial charge in [-0.05, 0) is 19.2 Å². The Morgan fingerprint density at radius 3 is 3.00 bits per heavy atom. The molecule has 4 nitrogen and oxygen atoms in total. The molecule has 1 aliphatic rings. The van der Waals surface area contributed by atoms with E-state index in [0.29, 0.717) is 12.7 Å². The van der Waals surface area contributed by atoms with Crippen LogP contribution in [0.4, 0.5) is 0 Å². The van der Waals surface area contributed by atoms with Gasteiger partial charge in [0.25, 0.3) is 0 Å². The minimum Gasteiger partial charge on any atom is -0.370 e. The number of nitrogens with zero attached hydrogens (tertiary/aromatic N) is 2. The molecule has 1 N–H and O–H groups in total. The Balaban J connectivity index is 0.00000128. The number of aromatic nitrogens is 2. The Morgan fingerprint density at radius 1 is 1.50 bits per heavy atom. The van der Waals surface area contributed by atoms with E-state index in [1.165, 1.54) is 0 Å². The van der Waals surface area contributed by atoms with Gasteiger partial charge in [-0.2, -0.15) is 0 Å². The molecule has 16 heavy (non-hydrogen) atoms. The smallest absolute Gasteiger partial charge is 0.120 e. The van der Waals surface area contributed by atoms with Gasteiger partial charge in [-0.25, -0.2) is 4.98 Å². The Bertz CT molecular complexity index is 321. The minimum atomic E-state index is 0. The quantitative estimate of drug-likeness (QED) is 0.833. The summed E-state index contributed by atoms with van der Waals surface area (Å²) >= 11 is 1.61. The van der Waals surface area contributed by atoms with Crippen molar-refractivity contribution in [2.75, 3.05) is 19.3 Å². The maximum absolute atomic E-state index is 5.75. The van der Waals surface area contributed by atoms with E-state index in [1.807, 2.05) is 6.26 Å². The molecule has 0 saturated carbocycles. The normalized spacial score (nSPS) is 19.4. The third kappa shape index (κ3) is 3.59. The zero-order chi connectivity index (χ0) is 10.5. The summed E-state index contributed by atoms with van der Waals surface area (Å²) in [5.41, 5.74) is 0.942. The molecule has 90 valence electrons. The van der Waals surface area contributed by atoms with Crippen LogP contribution in [0.2, 0.25) is 0 Å². The second kappa shape index (κ2) is 7.06. The van der Waals surface area contributed by atoms with Crippen LogP contribution in [0, 0.1) is 0 Å². The molecule has 0 radical (unpaired) electrons. The predicted molar refractivity (Wildman–Crippen MR) is 67.1 cm³/mol. The molecule has 1 fully saturated rings.